The van der Waals surface area contributed by atoms with Crippen LogP contribution in [-0.4, -0.2) is 12.5 Å². The van der Waals surface area contributed by atoms with E-state index in [9.17, 15) is 9.18 Å². The first kappa shape index (κ1) is 15.0. The van der Waals surface area contributed by atoms with E-state index in [1.54, 1.807) is 26.0 Å². The van der Waals surface area contributed by atoms with E-state index in [1.807, 2.05) is 0 Å². The molecule has 0 atom stereocenters. The maximum absolute atomic E-state index is 13.6. The first-order valence-corrected chi connectivity index (χ1v) is 7.12. The zero-order valence-electron chi connectivity index (χ0n) is 12.4. The molecule has 0 bridgehead atoms. The number of nitrogens with one attached hydrogen (secondary N) is 1. The van der Waals surface area contributed by atoms with Gasteiger partial charge >= 0.3 is 0 Å². The maximum atomic E-state index is 13.6. The summed E-state index contributed by atoms with van der Waals surface area (Å²) >= 11 is 0. The number of hydrogen-bond donors (Lipinski definition) is 2. The van der Waals surface area contributed by atoms with Crippen molar-refractivity contribution in [3.05, 3.63) is 34.6 Å². The predicted octanol–water partition coefficient (Wildman–Crippen LogP) is 2.43. The molecule has 0 heterocycles. The third-order valence-electron chi connectivity index (χ3n) is 4.30. The quantitative estimate of drug-likeness (QED) is 0.888. The molecule has 0 aromatic heterocycles. The molecule has 4 heteroatoms. The summed E-state index contributed by atoms with van der Waals surface area (Å²) in [5, 5.41) is 2.95. The Hall–Kier alpha value is -1.42. The monoisotopic (exact) mass is 278 g/mol. The Labute approximate surface area is 119 Å². The second-order valence-electron chi connectivity index (χ2n) is 6.22. The van der Waals surface area contributed by atoms with Gasteiger partial charge < -0.3 is 11.1 Å². The SMILES string of the molecule is Cc1cc(CNC(=O)C2(CN)CC(C)C2)cc(C)c1F. The van der Waals surface area contributed by atoms with Crippen molar-refractivity contribution in [3.63, 3.8) is 0 Å². The lowest BCUT2D eigenvalue weighted by Crippen LogP contribution is -2.53. The third-order valence-corrected chi connectivity index (χ3v) is 4.30. The Morgan fingerprint density at radius 2 is 1.95 bits per heavy atom. The van der Waals surface area contributed by atoms with Gasteiger partial charge in [-0.3, -0.25) is 4.79 Å². The van der Waals surface area contributed by atoms with Gasteiger partial charge in [0.25, 0.3) is 0 Å². The van der Waals surface area contributed by atoms with E-state index in [4.69, 9.17) is 5.73 Å². The molecule has 3 N–H and O–H groups in total. The first-order chi connectivity index (χ1) is 9.38. The molecule has 0 unspecified atom stereocenters. The summed E-state index contributed by atoms with van der Waals surface area (Å²) in [6.45, 7) is 6.43. The fourth-order valence-electron chi connectivity index (χ4n) is 3.23. The van der Waals surface area contributed by atoms with Gasteiger partial charge in [0.2, 0.25) is 5.91 Å². The molecule has 1 aromatic rings. The summed E-state index contributed by atoms with van der Waals surface area (Å²) in [4.78, 5) is 12.3. The standard InChI is InChI=1S/C16H23FN2O/c1-10-6-16(7-10,9-18)15(20)19-8-13-4-11(2)14(17)12(3)5-13/h4-5,10H,6-9,18H2,1-3H3,(H,19,20). The zero-order valence-corrected chi connectivity index (χ0v) is 12.4. The van der Waals surface area contributed by atoms with Crippen molar-refractivity contribution < 1.29 is 9.18 Å². The van der Waals surface area contributed by atoms with Crippen LogP contribution in [0, 0.1) is 31.0 Å². The minimum absolute atomic E-state index is 0.0257. The largest absolute Gasteiger partial charge is 0.352 e. The van der Waals surface area contributed by atoms with Crippen LogP contribution in [0.1, 0.15) is 36.5 Å². The van der Waals surface area contributed by atoms with Crippen molar-refractivity contribution in [2.75, 3.05) is 6.54 Å². The number of amides is 1. The summed E-state index contributed by atoms with van der Waals surface area (Å²) in [5.41, 5.74) is 7.52. The first-order valence-electron chi connectivity index (χ1n) is 7.12. The van der Waals surface area contributed by atoms with Crippen LogP contribution < -0.4 is 11.1 Å². The molecule has 110 valence electrons. The highest BCUT2D eigenvalue weighted by Gasteiger charge is 2.46. The maximum Gasteiger partial charge on any atom is 0.227 e. The minimum Gasteiger partial charge on any atom is -0.352 e. The van der Waals surface area contributed by atoms with Crippen molar-refractivity contribution in [2.45, 2.75) is 40.2 Å². The molecule has 0 aliphatic heterocycles. The molecule has 20 heavy (non-hydrogen) atoms. The van der Waals surface area contributed by atoms with E-state index in [1.165, 1.54) is 0 Å². The average Bonchev–Trinajstić information content (AvgIpc) is 2.38. The normalized spacial score (nSPS) is 25.1. The van der Waals surface area contributed by atoms with Crippen LogP contribution in [-0.2, 0) is 11.3 Å². The number of hydrogen-bond acceptors (Lipinski definition) is 2. The van der Waals surface area contributed by atoms with Crippen molar-refractivity contribution in [2.24, 2.45) is 17.1 Å². The molecule has 1 fully saturated rings. The van der Waals surface area contributed by atoms with E-state index < -0.39 is 0 Å². The lowest BCUT2D eigenvalue weighted by molar-refractivity contribution is -0.138. The van der Waals surface area contributed by atoms with E-state index in [0.717, 1.165) is 18.4 Å². The Balaban J connectivity index is 2.00. The Morgan fingerprint density at radius 3 is 2.40 bits per heavy atom. The summed E-state index contributed by atoms with van der Waals surface area (Å²) in [6, 6.07) is 3.56. The van der Waals surface area contributed by atoms with Crippen molar-refractivity contribution in [1.29, 1.82) is 0 Å². The molecule has 2 rings (SSSR count). The van der Waals surface area contributed by atoms with Crippen LogP contribution >= 0.6 is 0 Å². The van der Waals surface area contributed by atoms with Gasteiger partial charge in [0, 0.05) is 13.1 Å². The van der Waals surface area contributed by atoms with Gasteiger partial charge in [0.1, 0.15) is 5.82 Å². The van der Waals surface area contributed by atoms with E-state index >= 15 is 0 Å². The molecule has 0 saturated heterocycles. The van der Waals surface area contributed by atoms with Gasteiger partial charge in [0.05, 0.1) is 5.41 Å². The fourth-order valence-corrected chi connectivity index (χ4v) is 3.23. The highest BCUT2D eigenvalue weighted by atomic mass is 19.1. The van der Waals surface area contributed by atoms with Crippen LogP contribution in [0.4, 0.5) is 4.39 Å². The second-order valence-corrected chi connectivity index (χ2v) is 6.22. The Bertz CT molecular complexity index is 498. The van der Waals surface area contributed by atoms with Gasteiger partial charge in [-0.15, -0.1) is 0 Å². The molecular weight excluding hydrogens is 255 g/mol. The molecule has 1 aliphatic carbocycles. The number of aryl methyl sites for hydroxylation is 2. The number of nitrogens with two attached hydrogens (primary N) is 1. The van der Waals surface area contributed by atoms with Crippen LogP contribution in [0.2, 0.25) is 0 Å². The number of carbonyl (C=O) groups excluding carboxylic acids is 1. The third kappa shape index (κ3) is 2.70. The van der Waals surface area contributed by atoms with Crippen molar-refractivity contribution in [3.8, 4) is 0 Å². The number of benzene rings is 1. The van der Waals surface area contributed by atoms with Crippen LogP contribution in [0.5, 0.6) is 0 Å². The molecule has 1 aliphatic rings. The number of carbonyl (C=O) groups is 1. The lowest BCUT2D eigenvalue weighted by atomic mass is 9.62. The van der Waals surface area contributed by atoms with Crippen LogP contribution in [0.15, 0.2) is 12.1 Å². The molecular formula is C16H23FN2O. The van der Waals surface area contributed by atoms with Gasteiger partial charge in [-0.05, 0) is 49.3 Å². The summed E-state index contributed by atoms with van der Waals surface area (Å²) in [6.07, 6.45) is 1.72. The fraction of sp³-hybridized carbons (Fsp3) is 0.562. The molecule has 1 saturated carbocycles. The van der Waals surface area contributed by atoms with Gasteiger partial charge in [-0.25, -0.2) is 4.39 Å². The van der Waals surface area contributed by atoms with Gasteiger partial charge in [-0.2, -0.15) is 0 Å². The smallest absolute Gasteiger partial charge is 0.227 e. The van der Waals surface area contributed by atoms with Crippen molar-refractivity contribution >= 4 is 5.91 Å². The minimum atomic E-state index is -0.385. The summed E-state index contributed by atoms with van der Waals surface area (Å²) < 4.78 is 13.6. The second kappa shape index (κ2) is 5.52. The van der Waals surface area contributed by atoms with E-state index in [0.29, 0.717) is 30.1 Å². The Morgan fingerprint density at radius 1 is 1.40 bits per heavy atom. The topological polar surface area (TPSA) is 55.1 Å². The van der Waals surface area contributed by atoms with E-state index in [2.05, 4.69) is 12.2 Å². The molecule has 1 aromatic carbocycles. The molecule has 0 radical (unpaired) electrons. The molecule has 3 nitrogen and oxygen atoms in total. The number of halogens is 1. The predicted molar refractivity (Wildman–Crippen MR) is 77.6 cm³/mol. The van der Waals surface area contributed by atoms with Crippen LogP contribution in [0.3, 0.4) is 0 Å². The highest BCUT2D eigenvalue weighted by Crippen LogP contribution is 2.44. The van der Waals surface area contributed by atoms with Crippen molar-refractivity contribution in [1.82, 2.24) is 5.32 Å². The highest BCUT2D eigenvalue weighted by molar-refractivity contribution is 5.83. The molecule has 1 amide bonds. The van der Waals surface area contributed by atoms with Crippen LogP contribution in [0.25, 0.3) is 0 Å². The van der Waals surface area contributed by atoms with Gasteiger partial charge in [-0.1, -0.05) is 19.1 Å². The lowest BCUT2D eigenvalue weighted by Gasteiger charge is -2.44. The number of rotatable bonds is 4. The Kier molecular flexibility index (Phi) is 4.14. The summed E-state index contributed by atoms with van der Waals surface area (Å²) in [5.74, 6) is 0.420. The average molecular weight is 278 g/mol. The van der Waals surface area contributed by atoms with Gasteiger partial charge in [0.15, 0.2) is 0 Å². The van der Waals surface area contributed by atoms with E-state index in [-0.39, 0.29) is 17.1 Å². The molecule has 0 spiro atoms. The summed E-state index contributed by atoms with van der Waals surface area (Å²) in [7, 11) is 0. The zero-order chi connectivity index (χ0) is 14.9.